The fraction of sp³-hybridized carbons (Fsp3) is 0.250. The standard InChI is InChI=1S/C20H19N3O2/c24-20(16-5-6-17-18(12-16)22-9-8-21-17)23-13-14-7-10-25-19-4-2-1-3-15(19)11-14/h1-6,8-9,12,14H,7,10-11,13H2,(H,23,24)/t14-/m1/s1. The Kier molecular flexibility index (Phi) is 4.29. The van der Waals surface area contributed by atoms with Crippen LogP contribution in [-0.2, 0) is 6.42 Å². The van der Waals surface area contributed by atoms with Gasteiger partial charge in [0.05, 0.1) is 17.6 Å². The molecule has 0 fully saturated rings. The van der Waals surface area contributed by atoms with E-state index in [0.717, 1.165) is 29.6 Å². The maximum Gasteiger partial charge on any atom is 0.251 e. The molecule has 3 aromatic rings. The van der Waals surface area contributed by atoms with Gasteiger partial charge in [-0.05, 0) is 48.6 Å². The van der Waals surface area contributed by atoms with E-state index in [1.807, 2.05) is 24.3 Å². The molecule has 126 valence electrons. The monoisotopic (exact) mass is 333 g/mol. The first kappa shape index (κ1) is 15.6. The van der Waals surface area contributed by atoms with Gasteiger partial charge >= 0.3 is 0 Å². The highest BCUT2D eigenvalue weighted by molar-refractivity contribution is 5.97. The zero-order valence-corrected chi connectivity index (χ0v) is 13.8. The molecule has 2 aromatic carbocycles. The molecular weight excluding hydrogens is 314 g/mol. The Bertz CT molecular complexity index is 910. The molecule has 1 N–H and O–H groups in total. The smallest absolute Gasteiger partial charge is 0.251 e. The summed E-state index contributed by atoms with van der Waals surface area (Å²) in [6, 6.07) is 13.5. The van der Waals surface area contributed by atoms with Gasteiger partial charge in [-0.15, -0.1) is 0 Å². The summed E-state index contributed by atoms with van der Waals surface area (Å²) < 4.78 is 5.79. The molecule has 0 unspecified atom stereocenters. The third-order valence-electron chi connectivity index (χ3n) is 4.55. The molecule has 1 aliphatic rings. The Balaban J connectivity index is 1.42. The minimum atomic E-state index is -0.0778. The highest BCUT2D eigenvalue weighted by Gasteiger charge is 2.18. The number of rotatable bonds is 3. The van der Waals surface area contributed by atoms with Crippen LogP contribution >= 0.6 is 0 Å². The summed E-state index contributed by atoms with van der Waals surface area (Å²) in [6.07, 6.45) is 5.12. The molecule has 1 aromatic heterocycles. The van der Waals surface area contributed by atoms with Crippen LogP contribution in [0.15, 0.2) is 54.9 Å². The van der Waals surface area contributed by atoms with Gasteiger partial charge in [0.25, 0.3) is 5.91 Å². The second kappa shape index (κ2) is 6.89. The number of amides is 1. The Hall–Kier alpha value is -2.95. The molecule has 0 saturated heterocycles. The number of para-hydroxylation sites is 1. The number of aromatic nitrogens is 2. The Morgan fingerprint density at radius 2 is 1.96 bits per heavy atom. The summed E-state index contributed by atoms with van der Waals surface area (Å²) in [4.78, 5) is 20.9. The van der Waals surface area contributed by atoms with E-state index in [9.17, 15) is 4.79 Å². The minimum Gasteiger partial charge on any atom is -0.493 e. The Morgan fingerprint density at radius 1 is 1.12 bits per heavy atom. The lowest BCUT2D eigenvalue weighted by Crippen LogP contribution is -2.30. The lowest BCUT2D eigenvalue weighted by molar-refractivity contribution is 0.0945. The molecule has 5 nitrogen and oxygen atoms in total. The molecule has 25 heavy (non-hydrogen) atoms. The average Bonchev–Trinajstić information content (AvgIpc) is 2.87. The molecule has 0 bridgehead atoms. The van der Waals surface area contributed by atoms with Crippen molar-refractivity contribution in [3.63, 3.8) is 0 Å². The molecule has 1 aliphatic heterocycles. The number of fused-ring (bicyclic) bond motifs is 2. The van der Waals surface area contributed by atoms with Crippen LogP contribution < -0.4 is 10.1 Å². The molecule has 0 aliphatic carbocycles. The van der Waals surface area contributed by atoms with E-state index in [1.54, 1.807) is 24.5 Å². The van der Waals surface area contributed by atoms with E-state index < -0.39 is 0 Å². The first-order chi connectivity index (χ1) is 12.3. The maximum absolute atomic E-state index is 12.5. The van der Waals surface area contributed by atoms with Crippen molar-refractivity contribution in [2.45, 2.75) is 12.8 Å². The van der Waals surface area contributed by atoms with Gasteiger partial charge in [-0.2, -0.15) is 0 Å². The Labute approximate surface area is 146 Å². The zero-order valence-electron chi connectivity index (χ0n) is 13.8. The second-order valence-electron chi connectivity index (χ2n) is 6.28. The topological polar surface area (TPSA) is 64.1 Å². The van der Waals surface area contributed by atoms with Crippen molar-refractivity contribution < 1.29 is 9.53 Å². The van der Waals surface area contributed by atoms with Crippen molar-refractivity contribution in [3.05, 3.63) is 66.0 Å². The van der Waals surface area contributed by atoms with E-state index in [2.05, 4.69) is 21.4 Å². The number of carbonyl (C=O) groups excluding carboxylic acids is 1. The Morgan fingerprint density at radius 3 is 2.88 bits per heavy atom. The maximum atomic E-state index is 12.5. The molecule has 2 heterocycles. The molecule has 0 radical (unpaired) electrons. The van der Waals surface area contributed by atoms with Crippen LogP contribution in [0.1, 0.15) is 22.3 Å². The highest BCUT2D eigenvalue weighted by atomic mass is 16.5. The van der Waals surface area contributed by atoms with Gasteiger partial charge in [0, 0.05) is 24.5 Å². The lowest BCUT2D eigenvalue weighted by Gasteiger charge is -2.14. The van der Waals surface area contributed by atoms with Crippen molar-refractivity contribution in [1.82, 2.24) is 15.3 Å². The molecule has 1 amide bonds. The molecule has 0 saturated carbocycles. The van der Waals surface area contributed by atoms with Gasteiger partial charge in [-0.3, -0.25) is 14.8 Å². The number of hydrogen-bond donors (Lipinski definition) is 1. The van der Waals surface area contributed by atoms with Crippen molar-refractivity contribution in [2.24, 2.45) is 5.92 Å². The second-order valence-corrected chi connectivity index (χ2v) is 6.28. The number of benzene rings is 2. The summed E-state index contributed by atoms with van der Waals surface area (Å²) in [5, 5.41) is 3.05. The van der Waals surface area contributed by atoms with Crippen LogP contribution in [0.4, 0.5) is 0 Å². The quantitative estimate of drug-likeness (QED) is 0.800. The third kappa shape index (κ3) is 3.45. The van der Waals surface area contributed by atoms with Gasteiger partial charge in [-0.25, -0.2) is 0 Å². The molecule has 5 heteroatoms. The predicted octanol–water partition coefficient (Wildman–Crippen LogP) is 3.00. The van der Waals surface area contributed by atoms with E-state index in [0.29, 0.717) is 24.6 Å². The molecule has 4 rings (SSSR count). The normalized spacial score (nSPS) is 16.6. The zero-order chi connectivity index (χ0) is 17.1. The van der Waals surface area contributed by atoms with Gasteiger partial charge in [-0.1, -0.05) is 18.2 Å². The van der Waals surface area contributed by atoms with Gasteiger partial charge < -0.3 is 10.1 Å². The van der Waals surface area contributed by atoms with Gasteiger partial charge in [0.2, 0.25) is 0 Å². The molecular formula is C20H19N3O2. The van der Waals surface area contributed by atoms with Gasteiger partial charge in [0.1, 0.15) is 5.75 Å². The van der Waals surface area contributed by atoms with Crippen LogP contribution in [-0.4, -0.2) is 29.0 Å². The average molecular weight is 333 g/mol. The van der Waals surface area contributed by atoms with Crippen LogP contribution in [0.25, 0.3) is 11.0 Å². The van der Waals surface area contributed by atoms with E-state index in [1.165, 1.54) is 5.56 Å². The molecule has 1 atom stereocenters. The van der Waals surface area contributed by atoms with Crippen molar-refractivity contribution in [2.75, 3.05) is 13.2 Å². The number of nitrogens with one attached hydrogen (secondary N) is 1. The van der Waals surface area contributed by atoms with Crippen molar-refractivity contribution in [1.29, 1.82) is 0 Å². The fourth-order valence-electron chi connectivity index (χ4n) is 3.18. The lowest BCUT2D eigenvalue weighted by atomic mass is 9.97. The van der Waals surface area contributed by atoms with Gasteiger partial charge in [0.15, 0.2) is 0 Å². The third-order valence-corrected chi connectivity index (χ3v) is 4.55. The SMILES string of the molecule is O=C(NC[C@@H]1CCOc2ccccc2C1)c1ccc2nccnc2c1. The summed E-state index contributed by atoms with van der Waals surface area (Å²) >= 11 is 0. The first-order valence-electron chi connectivity index (χ1n) is 8.49. The van der Waals surface area contributed by atoms with Crippen molar-refractivity contribution in [3.8, 4) is 5.75 Å². The first-order valence-corrected chi connectivity index (χ1v) is 8.49. The van der Waals surface area contributed by atoms with E-state index >= 15 is 0 Å². The highest BCUT2D eigenvalue weighted by Crippen LogP contribution is 2.26. The molecule has 0 spiro atoms. The minimum absolute atomic E-state index is 0.0778. The van der Waals surface area contributed by atoms with E-state index in [4.69, 9.17) is 4.74 Å². The van der Waals surface area contributed by atoms with Crippen LogP contribution in [0.2, 0.25) is 0 Å². The summed E-state index contributed by atoms with van der Waals surface area (Å²) in [6.45, 7) is 1.32. The predicted molar refractivity (Wildman–Crippen MR) is 95.6 cm³/mol. The van der Waals surface area contributed by atoms with E-state index in [-0.39, 0.29) is 5.91 Å². The van der Waals surface area contributed by atoms with Crippen molar-refractivity contribution >= 4 is 16.9 Å². The number of ether oxygens (including phenoxy) is 1. The number of nitrogens with zero attached hydrogens (tertiary/aromatic N) is 2. The van der Waals surface area contributed by atoms with Crippen LogP contribution in [0.3, 0.4) is 0 Å². The summed E-state index contributed by atoms with van der Waals surface area (Å²) in [5.74, 6) is 1.25. The fourth-order valence-corrected chi connectivity index (χ4v) is 3.18. The summed E-state index contributed by atoms with van der Waals surface area (Å²) in [7, 11) is 0. The number of carbonyl (C=O) groups is 1. The number of hydrogen-bond acceptors (Lipinski definition) is 4. The van der Waals surface area contributed by atoms with Crippen LogP contribution in [0, 0.1) is 5.92 Å². The largest absolute Gasteiger partial charge is 0.493 e. The van der Waals surface area contributed by atoms with Crippen LogP contribution in [0.5, 0.6) is 5.75 Å². The summed E-state index contributed by atoms with van der Waals surface area (Å²) in [5.41, 5.74) is 3.34.